The Bertz CT molecular complexity index is 1420. The van der Waals surface area contributed by atoms with Crippen molar-refractivity contribution in [3.05, 3.63) is 47.1 Å². The maximum Gasteiger partial charge on any atom is 0.436 e. The smallest absolute Gasteiger partial charge is 0.431 e. The summed E-state index contributed by atoms with van der Waals surface area (Å²) in [6.45, 7) is 0.385. The van der Waals surface area contributed by atoms with Gasteiger partial charge < -0.3 is 20.0 Å². The second-order valence-electron chi connectivity index (χ2n) is 8.60. The van der Waals surface area contributed by atoms with E-state index in [2.05, 4.69) is 25.7 Å². The number of anilines is 2. The number of pyridine rings is 1. The van der Waals surface area contributed by atoms with E-state index in [0.717, 1.165) is 0 Å². The lowest BCUT2D eigenvalue weighted by atomic mass is 9.84. The Morgan fingerprint density at radius 2 is 2.11 bits per heavy atom. The molecule has 0 bridgehead atoms. The van der Waals surface area contributed by atoms with Crippen molar-refractivity contribution in [2.45, 2.75) is 18.1 Å². The van der Waals surface area contributed by atoms with Crippen molar-refractivity contribution < 1.29 is 31.4 Å². The van der Waals surface area contributed by atoms with Crippen LogP contribution in [0.2, 0.25) is 0 Å². The number of halogens is 3. The van der Waals surface area contributed by atoms with Crippen LogP contribution in [0.15, 0.2) is 29.0 Å². The third-order valence-electron chi connectivity index (χ3n) is 5.88. The van der Waals surface area contributed by atoms with E-state index in [4.69, 9.17) is 9.68 Å². The summed E-state index contributed by atoms with van der Waals surface area (Å²) in [6.07, 6.45) is -0.770. The summed E-state index contributed by atoms with van der Waals surface area (Å²) in [5.41, 5.74) is -1.24. The zero-order chi connectivity index (χ0) is 27.7. The number of carbonyl (C=O) groups excluding carboxylic acids is 2. The van der Waals surface area contributed by atoms with Gasteiger partial charge in [-0.15, -0.1) is 0 Å². The third kappa shape index (κ3) is 5.43. The second-order valence-corrected chi connectivity index (χ2v) is 10.0. The van der Waals surface area contributed by atoms with Gasteiger partial charge >= 0.3 is 6.18 Å². The van der Waals surface area contributed by atoms with Crippen LogP contribution in [0.1, 0.15) is 27.3 Å². The van der Waals surface area contributed by atoms with Gasteiger partial charge in [0.1, 0.15) is 23.9 Å². The highest BCUT2D eigenvalue weighted by molar-refractivity contribution is 7.85. The number of nitrogens with one attached hydrogen (secondary N) is 2. The van der Waals surface area contributed by atoms with Crippen LogP contribution in [0.5, 0.6) is 0 Å². The van der Waals surface area contributed by atoms with Crippen LogP contribution < -0.4 is 15.5 Å². The Kier molecular flexibility index (Phi) is 7.33. The molecule has 16 heteroatoms. The molecular weight excluding hydrogens is 529 g/mol. The number of amides is 1. The second kappa shape index (κ2) is 10.3. The Balaban J connectivity index is 1.65. The molecule has 1 aliphatic heterocycles. The zero-order valence-electron chi connectivity index (χ0n) is 20.1. The van der Waals surface area contributed by atoms with Crippen molar-refractivity contribution in [2.75, 3.05) is 42.4 Å². The first-order valence-corrected chi connectivity index (χ1v) is 12.7. The molecule has 0 aliphatic carbocycles. The van der Waals surface area contributed by atoms with Crippen molar-refractivity contribution >= 4 is 34.8 Å². The predicted octanol–water partition coefficient (Wildman–Crippen LogP) is 1.30. The summed E-state index contributed by atoms with van der Waals surface area (Å²) in [4.78, 5) is 33.8. The SMILES string of the molecule is CNC1(Cc2nn(-c3ccc(C#N)cn3)c(NC(=O)CS(C)=O)c2C=O)CN(c2nc(C(F)(F)F)co2)C1. The molecule has 1 unspecified atom stereocenters. The van der Waals surface area contributed by atoms with Crippen LogP contribution in [0.25, 0.3) is 5.82 Å². The van der Waals surface area contributed by atoms with Gasteiger partial charge in [-0.3, -0.25) is 13.8 Å². The maximum atomic E-state index is 12.9. The number of hydrogen-bond donors (Lipinski definition) is 2. The summed E-state index contributed by atoms with van der Waals surface area (Å²) < 4.78 is 56.4. The third-order valence-corrected chi connectivity index (χ3v) is 6.55. The highest BCUT2D eigenvalue weighted by Crippen LogP contribution is 2.35. The number of alkyl halides is 3. The molecule has 4 rings (SSSR count). The number of nitrogens with zero attached hydrogens (tertiary/aromatic N) is 6. The van der Waals surface area contributed by atoms with E-state index in [1.165, 1.54) is 34.2 Å². The lowest BCUT2D eigenvalue weighted by Crippen LogP contribution is -2.70. The number of oxazole rings is 1. The van der Waals surface area contributed by atoms with Crippen molar-refractivity contribution in [2.24, 2.45) is 0 Å². The largest absolute Gasteiger partial charge is 0.436 e. The zero-order valence-corrected chi connectivity index (χ0v) is 20.9. The number of rotatable bonds is 9. The van der Waals surface area contributed by atoms with Gasteiger partial charge in [0, 0.05) is 42.8 Å². The molecule has 0 aromatic carbocycles. The first-order valence-electron chi connectivity index (χ1n) is 11.0. The van der Waals surface area contributed by atoms with Gasteiger partial charge in [-0.2, -0.15) is 33.2 Å². The molecule has 1 aliphatic rings. The molecule has 2 N–H and O–H groups in total. The fourth-order valence-electron chi connectivity index (χ4n) is 3.98. The number of aromatic nitrogens is 4. The molecule has 38 heavy (non-hydrogen) atoms. The average molecular weight is 551 g/mol. The number of likely N-dealkylation sites (N-methyl/N-ethyl adjacent to an activating group) is 1. The molecule has 200 valence electrons. The monoisotopic (exact) mass is 550 g/mol. The summed E-state index contributed by atoms with van der Waals surface area (Å²) in [7, 11) is 0.215. The molecule has 0 saturated carbocycles. The Morgan fingerprint density at radius 1 is 1.37 bits per heavy atom. The van der Waals surface area contributed by atoms with Crippen molar-refractivity contribution in [1.82, 2.24) is 25.1 Å². The molecule has 0 radical (unpaired) electrons. The first-order chi connectivity index (χ1) is 18.0. The first kappa shape index (κ1) is 26.9. The number of aldehydes is 1. The van der Waals surface area contributed by atoms with Crippen LogP contribution in [-0.4, -0.2) is 73.8 Å². The quantitative estimate of drug-likeness (QED) is 0.372. The molecule has 1 fully saturated rings. The Morgan fingerprint density at radius 3 is 2.63 bits per heavy atom. The summed E-state index contributed by atoms with van der Waals surface area (Å²) in [5, 5.41) is 19.2. The molecule has 1 amide bonds. The van der Waals surface area contributed by atoms with Crippen molar-refractivity contribution in [1.29, 1.82) is 5.26 Å². The van der Waals surface area contributed by atoms with E-state index in [0.29, 0.717) is 12.5 Å². The molecule has 1 atom stereocenters. The van der Waals surface area contributed by atoms with E-state index in [9.17, 15) is 27.0 Å². The van der Waals surface area contributed by atoms with Gasteiger partial charge in [0.2, 0.25) is 5.91 Å². The van der Waals surface area contributed by atoms with Gasteiger partial charge in [0.25, 0.3) is 6.01 Å². The van der Waals surface area contributed by atoms with E-state index >= 15 is 0 Å². The topological polar surface area (TPSA) is 159 Å². The summed E-state index contributed by atoms with van der Waals surface area (Å²) >= 11 is 0. The van der Waals surface area contributed by atoms with Crippen molar-refractivity contribution in [3.8, 4) is 11.9 Å². The summed E-state index contributed by atoms with van der Waals surface area (Å²) in [5.74, 6) is -0.713. The average Bonchev–Trinajstić information content (AvgIpc) is 3.46. The molecule has 4 heterocycles. The highest BCUT2D eigenvalue weighted by Gasteiger charge is 2.46. The lowest BCUT2D eigenvalue weighted by molar-refractivity contribution is -0.141. The standard InChI is InChI=1S/C22H21F3N8O4S/c1-27-21(11-32(12-21)20-29-16(9-37-20)22(23,24)25)5-15-14(8-34)19(30-18(35)10-38(2)36)33(31-15)17-4-3-13(6-26)7-28-17/h3-4,7-9,27H,5,10-12H2,1-2H3,(H,30,35). The fraction of sp³-hybridized carbons (Fsp3) is 0.364. The minimum Gasteiger partial charge on any atom is -0.431 e. The van der Waals surface area contributed by atoms with Gasteiger partial charge in [-0.1, -0.05) is 0 Å². The molecule has 1 saturated heterocycles. The van der Waals surface area contributed by atoms with Crippen molar-refractivity contribution in [3.63, 3.8) is 0 Å². The molecule has 12 nitrogen and oxygen atoms in total. The van der Waals surface area contributed by atoms with Crippen LogP contribution in [-0.2, 0) is 28.2 Å². The van der Waals surface area contributed by atoms with Gasteiger partial charge in [0.05, 0.1) is 22.4 Å². The van der Waals surface area contributed by atoms with Gasteiger partial charge in [-0.05, 0) is 19.2 Å². The van der Waals surface area contributed by atoms with Crippen LogP contribution in [0.3, 0.4) is 0 Å². The van der Waals surface area contributed by atoms with E-state index < -0.39 is 34.1 Å². The van der Waals surface area contributed by atoms with Crippen LogP contribution in [0.4, 0.5) is 25.0 Å². The minimum atomic E-state index is -4.64. The van der Waals surface area contributed by atoms with Crippen LogP contribution >= 0.6 is 0 Å². The number of carbonyl (C=O) groups is 2. The molecular formula is C22H21F3N8O4S. The highest BCUT2D eigenvalue weighted by atomic mass is 32.2. The lowest BCUT2D eigenvalue weighted by Gasteiger charge is -2.49. The summed E-state index contributed by atoms with van der Waals surface area (Å²) in [6, 6.07) is 4.73. The van der Waals surface area contributed by atoms with Gasteiger partial charge in [-0.25, -0.2) is 4.98 Å². The molecule has 3 aromatic heterocycles. The van der Waals surface area contributed by atoms with Gasteiger partial charge in [0.15, 0.2) is 17.8 Å². The molecule has 0 spiro atoms. The minimum absolute atomic E-state index is 0.00705. The predicted molar refractivity (Wildman–Crippen MR) is 128 cm³/mol. The fourth-order valence-corrected chi connectivity index (χ4v) is 4.43. The maximum absolute atomic E-state index is 12.9. The van der Waals surface area contributed by atoms with Crippen LogP contribution in [0, 0.1) is 11.3 Å². The van der Waals surface area contributed by atoms with E-state index in [1.807, 2.05) is 6.07 Å². The van der Waals surface area contributed by atoms with E-state index in [-0.39, 0.29) is 59.7 Å². The number of hydrogen-bond acceptors (Lipinski definition) is 10. The normalized spacial score (nSPS) is 15.4. The number of nitriles is 1. The molecule has 3 aromatic rings. The Labute approximate surface area is 216 Å². The Hall–Kier alpha value is -4.10. The van der Waals surface area contributed by atoms with E-state index in [1.54, 1.807) is 7.05 Å².